The molecule has 0 aliphatic rings. The standard InChI is InChI=1S/C14H28N4S/c1-6-12(7-2)18(9-11(4)5)10-13-16-17-14(19-13)15-8-3/h11-12H,6-10H2,1-5H3,(H,15,17). The summed E-state index contributed by atoms with van der Waals surface area (Å²) in [6, 6.07) is 0.647. The first-order chi connectivity index (χ1) is 9.10. The van der Waals surface area contributed by atoms with Crippen molar-refractivity contribution in [3.63, 3.8) is 0 Å². The van der Waals surface area contributed by atoms with Gasteiger partial charge in [0, 0.05) is 19.1 Å². The molecule has 5 heteroatoms. The Balaban J connectivity index is 2.69. The van der Waals surface area contributed by atoms with Crippen LogP contribution in [0.15, 0.2) is 0 Å². The number of aromatic nitrogens is 2. The largest absolute Gasteiger partial charge is 0.360 e. The van der Waals surface area contributed by atoms with E-state index in [0.29, 0.717) is 12.0 Å². The molecule has 0 spiro atoms. The van der Waals surface area contributed by atoms with Crippen LogP contribution in [0.1, 0.15) is 52.5 Å². The molecule has 0 fully saturated rings. The molecule has 0 saturated carbocycles. The third-order valence-electron chi connectivity index (χ3n) is 3.19. The molecule has 0 saturated heterocycles. The maximum Gasteiger partial charge on any atom is 0.205 e. The molecular formula is C14H28N4S. The van der Waals surface area contributed by atoms with Crippen molar-refractivity contribution >= 4 is 16.5 Å². The molecule has 0 amide bonds. The van der Waals surface area contributed by atoms with Crippen molar-refractivity contribution in [2.75, 3.05) is 18.4 Å². The lowest BCUT2D eigenvalue weighted by molar-refractivity contribution is 0.157. The Hall–Kier alpha value is -0.680. The summed E-state index contributed by atoms with van der Waals surface area (Å²) in [6.07, 6.45) is 2.39. The van der Waals surface area contributed by atoms with E-state index in [1.807, 2.05) is 0 Å². The van der Waals surface area contributed by atoms with Gasteiger partial charge in [-0.15, -0.1) is 10.2 Å². The van der Waals surface area contributed by atoms with Gasteiger partial charge in [0.1, 0.15) is 5.01 Å². The van der Waals surface area contributed by atoms with E-state index in [-0.39, 0.29) is 0 Å². The molecule has 0 radical (unpaired) electrons. The maximum absolute atomic E-state index is 4.30. The fourth-order valence-electron chi connectivity index (χ4n) is 2.33. The first kappa shape index (κ1) is 16.4. The van der Waals surface area contributed by atoms with Crippen LogP contribution in [0.5, 0.6) is 0 Å². The summed E-state index contributed by atoms with van der Waals surface area (Å²) in [5.74, 6) is 0.682. The number of rotatable bonds is 9. The predicted octanol–water partition coefficient (Wildman–Crippen LogP) is 3.62. The van der Waals surface area contributed by atoms with Crippen molar-refractivity contribution in [3.05, 3.63) is 5.01 Å². The normalized spacial score (nSPS) is 11.8. The maximum atomic E-state index is 4.30. The minimum absolute atomic E-state index is 0.647. The van der Waals surface area contributed by atoms with Gasteiger partial charge < -0.3 is 5.32 Å². The molecule has 19 heavy (non-hydrogen) atoms. The van der Waals surface area contributed by atoms with Crippen LogP contribution in [-0.4, -0.2) is 34.2 Å². The van der Waals surface area contributed by atoms with Crippen LogP contribution in [0.25, 0.3) is 0 Å². The fourth-order valence-corrected chi connectivity index (χ4v) is 3.16. The summed E-state index contributed by atoms with van der Waals surface area (Å²) >= 11 is 1.68. The fraction of sp³-hybridized carbons (Fsp3) is 0.857. The van der Waals surface area contributed by atoms with E-state index in [0.717, 1.165) is 29.8 Å². The van der Waals surface area contributed by atoms with Crippen molar-refractivity contribution in [2.24, 2.45) is 5.92 Å². The van der Waals surface area contributed by atoms with Crippen LogP contribution in [0.3, 0.4) is 0 Å². The van der Waals surface area contributed by atoms with Crippen LogP contribution in [0.2, 0.25) is 0 Å². The van der Waals surface area contributed by atoms with Gasteiger partial charge in [-0.05, 0) is 25.7 Å². The number of hydrogen-bond donors (Lipinski definition) is 1. The Kier molecular flexibility index (Phi) is 7.31. The molecule has 1 aromatic heterocycles. The molecular weight excluding hydrogens is 256 g/mol. The Morgan fingerprint density at radius 3 is 2.37 bits per heavy atom. The second-order valence-corrected chi connectivity index (χ2v) is 6.39. The summed E-state index contributed by atoms with van der Waals surface area (Å²) in [6.45, 7) is 14.1. The average Bonchev–Trinajstić information content (AvgIpc) is 2.78. The highest BCUT2D eigenvalue weighted by molar-refractivity contribution is 7.15. The Morgan fingerprint density at radius 1 is 1.16 bits per heavy atom. The van der Waals surface area contributed by atoms with Crippen molar-refractivity contribution in [2.45, 2.75) is 60.0 Å². The van der Waals surface area contributed by atoms with Crippen LogP contribution in [-0.2, 0) is 6.54 Å². The van der Waals surface area contributed by atoms with Crippen LogP contribution in [0, 0.1) is 5.92 Å². The van der Waals surface area contributed by atoms with Gasteiger partial charge in [0.05, 0.1) is 6.54 Å². The first-order valence-electron chi connectivity index (χ1n) is 7.40. The van der Waals surface area contributed by atoms with Gasteiger partial charge in [-0.2, -0.15) is 0 Å². The number of nitrogens with zero attached hydrogens (tertiary/aromatic N) is 3. The van der Waals surface area contributed by atoms with E-state index in [4.69, 9.17) is 0 Å². The highest BCUT2D eigenvalue weighted by Gasteiger charge is 2.18. The van der Waals surface area contributed by atoms with Gasteiger partial charge in [-0.25, -0.2) is 0 Å². The molecule has 1 N–H and O–H groups in total. The summed E-state index contributed by atoms with van der Waals surface area (Å²) in [5.41, 5.74) is 0. The smallest absolute Gasteiger partial charge is 0.205 e. The van der Waals surface area contributed by atoms with Crippen LogP contribution in [0.4, 0.5) is 5.13 Å². The van der Waals surface area contributed by atoms with Crippen LogP contribution < -0.4 is 5.32 Å². The lowest BCUT2D eigenvalue weighted by atomic mass is 10.1. The summed E-state index contributed by atoms with van der Waals surface area (Å²) in [4.78, 5) is 2.56. The lowest BCUT2D eigenvalue weighted by Gasteiger charge is -2.30. The monoisotopic (exact) mass is 284 g/mol. The topological polar surface area (TPSA) is 41.1 Å². The van der Waals surface area contributed by atoms with E-state index in [9.17, 15) is 0 Å². The van der Waals surface area contributed by atoms with E-state index < -0.39 is 0 Å². The SMILES string of the molecule is CCNc1nnc(CN(CC(C)C)C(CC)CC)s1. The summed E-state index contributed by atoms with van der Waals surface area (Å²) in [7, 11) is 0. The molecule has 1 rings (SSSR count). The zero-order valence-corrected chi connectivity index (χ0v) is 13.8. The second kappa shape index (κ2) is 8.48. The summed E-state index contributed by atoms with van der Waals surface area (Å²) < 4.78 is 0. The van der Waals surface area contributed by atoms with Gasteiger partial charge in [-0.1, -0.05) is 39.0 Å². The summed E-state index contributed by atoms with van der Waals surface area (Å²) in [5, 5.41) is 13.8. The van der Waals surface area contributed by atoms with Crippen molar-refractivity contribution in [1.29, 1.82) is 0 Å². The average molecular weight is 284 g/mol. The molecule has 4 nitrogen and oxygen atoms in total. The molecule has 0 aromatic carbocycles. The molecule has 110 valence electrons. The van der Waals surface area contributed by atoms with Gasteiger partial charge in [0.25, 0.3) is 0 Å². The number of hydrogen-bond acceptors (Lipinski definition) is 5. The Morgan fingerprint density at radius 2 is 1.84 bits per heavy atom. The number of nitrogens with one attached hydrogen (secondary N) is 1. The third kappa shape index (κ3) is 5.45. The predicted molar refractivity (Wildman–Crippen MR) is 83.7 cm³/mol. The highest BCUT2D eigenvalue weighted by atomic mass is 32.1. The molecule has 1 heterocycles. The number of anilines is 1. The zero-order chi connectivity index (χ0) is 14.3. The molecule has 0 atom stereocenters. The molecule has 0 unspecified atom stereocenters. The quantitative estimate of drug-likeness (QED) is 0.752. The van der Waals surface area contributed by atoms with Gasteiger partial charge in [0.2, 0.25) is 5.13 Å². The van der Waals surface area contributed by atoms with Crippen molar-refractivity contribution in [3.8, 4) is 0 Å². The van der Waals surface area contributed by atoms with E-state index >= 15 is 0 Å². The van der Waals surface area contributed by atoms with E-state index in [2.05, 4.69) is 55.0 Å². The Labute approximate surface area is 121 Å². The highest BCUT2D eigenvalue weighted by Crippen LogP contribution is 2.20. The minimum atomic E-state index is 0.647. The minimum Gasteiger partial charge on any atom is -0.360 e. The van der Waals surface area contributed by atoms with E-state index in [1.165, 1.54) is 12.8 Å². The van der Waals surface area contributed by atoms with Crippen molar-refractivity contribution in [1.82, 2.24) is 15.1 Å². The van der Waals surface area contributed by atoms with Gasteiger partial charge in [-0.3, -0.25) is 4.90 Å². The lowest BCUT2D eigenvalue weighted by Crippen LogP contribution is -2.36. The van der Waals surface area contributed by atoms with Gasteiger partial charge in [0.15, 0.2) is 0 Å². The first-order valence-corrected chi connectivity index (χ1v) is 8.22. The molecule has 0 aliphatic carbocycles. The van der Waals surface area contributed by atoms with Crippen LogP contribution >= 0.6 is 11.3 Å². The molecule has 0 aliphatic heterocycles. The Bertz CT molecular complexity index is 347. The van der Waals surface area contributed by atoms with Crippen molar-refractivity contribution < 1.29 is 0 Å². The molecule has 1 aromatic rings. The van der Waals surface area contributed by atoms with Gasteiger partial charge >= 0.3 is 0 Å². The zero-order valence-electron chi connectivity index (χ0n) is 12.9. The van der Waals surface area contributed by atoms with E-state index in [1.54, 1.807) is 11.3 Å². The second-order valence-electron chi connectivity index (χ2n) is 5.32. The molecule has 0 bridgehead atoms. The third-order valence-corrected chi connectivity index (χ3v) is 4.06.